The first kappa shape index (κ1) is 20.5. The highest BCUT2D eigenvalue weighted by atomic mass is 16.4. The number of hydrogen-bond donors (Lipinski definition) is 3. The molecule has 0 spiro atoms. The molecule has 7 heteroatoms. The van der Waals surface area contributed by atoms with Crippen LogP contribution in [0.15, 0.2) is 54.6 Å². The number of aliphatic carboxylic acids is 1. The van der Waals surface area contributed by atoms with Crippen LogP contribution in [0.5, 0.6) is 0 Å². The number of carbonyl (C=O) groups is 3. The smallest absolute Gasteiger partial charge is 0.317 e. The van der Waals surface area contributed by atoms with Gasteiger partial charge in [-0.05, 0) is 55.8 Å². The molecule has 1 aliphatic rings. The van der Waals surface area contributed by atoms with Crippen LogP contribution in [0.2, 0.25) is 0 Å². The Morgan fingerprint density at radius 2 is 1.59 bits per heavy atom. The molecule has 3 N–H and O–H groups in total. The van der Waals surface area contributed by atoms with Gasteiger partial charge >= 0.3 is 5.97 Å². The Kier molecular flexibility index (Phi) is 6.61. The molecule has 0 aliphatic heterocycles. The van der Waals surface area contributed by atoms with E-state index in [1.807, 2.05) is 17.9 Å². The Morgan fingerprint density at radius 1 is 0.966 bits per heavy atom. The van der Waals surface area contributed by atoms with Crippen molar-refractivity contribution >= 4 is 23.5 Å². The van der Waals surface area contributed by atoms with Crippen LogP contribution < -0.4 is 10.6 Å². The van der Waals surface area contributed by atoms with Gasteiger partial charge in [0.2, 0.25) is 0 Å². The van der Waals surface area contributed by atoms with Gasteiger partial charge in [0.15, 0.2) is 0 Å². The van der Waals surface area contributed by atoms with Crippen LogP contribution in [0, 0.1) is 0 Å². The molecular weight excluding hydrogens is 370 g/mol. The van der Waals surface area contributed by atoms with Crippen LogP contribution in [-0.2, 0) is 4.79 Å². The summed E-state index contributed by atoms with van der Waals surface area (Å²) in [7, 11) is 0. The molecule has 0 radical (unpaired) electrons. The molecule has 0 saturated heterocycles. The SMILES string of the molecule is CCN(CC(=O)O)C1CC(NC(=O)c2ccc(NC(=O)c3ccccc3)cc2)C1. The molecule has 1 aliphatic carbocycles. The lowest BCUT2D eigenvalue weighted by Crippen LogP contribution is -2.54. The zero-order valence-electron chi connectivity index (χ0n) is 16.3. The molecule has 0 heterocycles. The molecule has 0 atom stereocenters. The number of benzene rings is 2. The summed E-state index contributed by atoms with van der Waals surface area (Å²) >= 11 is 0. The highest BCUT2D eigenvalue weighted by Crippen LogP contribution is 2.26. The monoisotopic (exact) mass is 395 g/mol. The molecule has 1 fully saturated rings. The Morgan fingerprint density at radius 3 is 2.17 bits per heavy atom. The summed E-state index contributed by atoms with van der Waals surface area (Å²) in [5.74, 6) is -1.21. The maximum atomic E-state index is 12.4. The van der Waals surface area contributed by atoms with Crippen molar-refractivity contribution in [1.82, 2.24) is 10.2 Å². The predicted octanol–water partition coefficient (Wildman–Crippen LogP) is 2.61. The minimum Gasteiger partial charge on any atom is -0.480 e. The summed E-state index contributed by atoms with van der Waals surface area (Å²) < 4.78 is 0. The lowest BCUT2D eigenvalue weighted by Gasteiger charge is -2.42. The van der Waals surface area contributed by atoms with E-state index in [2.05, 4.69) is 10.6 Å². The van der Waals surface area contributed by atoms with E-state index in [4.69, 9.17) is 5.11 Å². The van der Waals surface area contributed by atoms with Crippen LogP contribution in [0.4, 0.5) is 5.69 Å². The fourth-order valence-electron chi connectivity index (χ4n) is 3.44. The average Bonchev–Trinajstić information content (AvgIpc) is 2.69. The van der Waals surface area contributed by atoms with Crippen molar-refractivity contribution in [2.24, 2.45) is 0 Å². The number of likely N-dealkylation sites (N-methyl/N-ethyl adjacent to an activating group) is 1. The van der Waals surface area contributed by atoms with Crippen LogP contribution in [0.1, 0.15) is 40.5 Å². The maximum absolute atomic E-state index is 12.4. The highest BCUT2D eigenvalue weighted by Gasteiger charge is 2.34. The zero-order chi connectivity index (χ0) is 20.8. The van der Waals surface area contributed by atoms with Crippen molar-refractivity contribution in [3.63, 3.8) is 0 Å². The second-order valence-corrected chi connectivity index (χ2v) is 7.15. The van der Waals surface area contributed by atoms with Crippen LogP contribution >= 0.6 is 0 Å². The zero-order valence-corrected chi connectivity index (χ0v) is 16.3. The molecule has 2 amide bonds. The summed E-state index contributed by atoms with van der Waals surface area (Å²) in [6, 6.07) is 15.9. The van der Waals surface area contributed by atoms with E-state index < -0.39 is 5.97 Å². The minimum atomic E-state index is -0.834. The van der Waals surface area contributed by atoms with E-state index in [1.54, 1.807) is 48.5 Å². The number of hydrogen-bond acceptors (Lipinski definition) is 4. The minimum absolute atomic E-state index is 0.0258. The van der Waals surface area contributed by atoms with Gasteiger partial charge in [-0.2, -0.15) is 0 Å². The molecule has 2 aromatic rings. The Balaban J connectivity index is 1.49. The molecule has 0 bridgehead atoms. The second kappa shape index (κ2) is 9.34. The first-order valence-electron chi connectivity index (χ1n) is 9.69. The van der Waals surface area contributed by atoms with Gasteiger partial charge in [-0.25, -0.2) is 0 Å². The highest BCUT2D eigenvalue weighted by molar-refractivity contribution is 6.04. The fourth-order valence-corrected chi connectivity index (χ4v) is 3.44. The van der Waals surface area contributed by atoms with E-state index in [-0.39, 0.29) is 30.4 Å². The summed E-state index contributed by atoms with van der Waals surface area (Å²) in [4.78, 5) is 37.4. The fraction of sp³-hybridized carbons (Fsp3) is 0.318. The summed E-state index contributed by atoms with van der Waals surface area (Å²) in [5, 5.41) is 14.7. The Hall–Kier alpha value is -3.19. The summed E-state index contributed by atoms with van der Waals surface area (Å²) in [6.45, 7) is 2.64. The average molecular weight is 395 g/mol. The van der Waals surface area contributed by atoms with Crippen LogP contribution in [-0.4, -0.2) is 53.0 Å². The Labute approximate surface area is 169 Å². The quantitative estimate of drug-likeness (QED) is 0.638. The van der Waals surface area contributed by atoms with E-state index >= 15 is 0 Å². The van der Waals surface area contributed by atoms with Crippen molar-refractivity contribution in [2.45, 2.75) is 31.8 Å². The maximum Gasteiger partial charge on any atom is 0.317 e. The molecule has 2 aromatic carbocycles. The topological polar surface area (TPSA) is 98.7 Å². The molecule has 7 nitrogen and oxygen atoms in total. The van der Waals surface area contributed by atoms with Gasteiger partial charge in [-0.3, -0.25) is 19.3 Å². The van der Waals surface area contributed by atoms with E-state index in [9.17, 15) is 14.4 Å². The molecular formula is C22H25N3O4. The second-order valence-electron chi connectivity index (χ2n) is 7.15. The number of carboxylic acids is 1. The lowest BCUT2D eigenvalue weighted by atomic mass is 9.85. The largest absolute Gasteiger partial charge is 0.480 e. The summed E-state index contributed by atoms with van der Waals surface area (Å²) in [5.41, 5.74) is 1.70. The standard InChI is InChI=1S/C22H25N3O4/c1-2-25(14-20(26)27)19-12-18(13-19)24-22(29)16-8-10-17(11-9-16)23-21(28)15-6-4-3-5-7-15/h3-11,18-19H,2,12-14H2,1H3,(H,23,28)(H,24,29)(H,26,27). The summed E-state index contributed by atoms with van der Waals surface area (Å²) in [6.07, 6.45) is 1.50. The number of nitrogens with zero attached hydrogens (tertiary/aromatic N) is 1. The van der Waals surface area contributed by atoms with Gasteiger partial charge in [-0.15, -0.1) is 0 Å². The molecule has 29 heavy (non-hydrogen) atoms. The number of amides is 2. The Bertz CT molecular complexity index is 861. The number of rotatable bonds is 8. The van der Waals surface area contributed by atoms with Crippen molar-refractivity contribution < 1.29 is 19.5 Å². The lowest BCUT2D eigenvalue weighted by molar-refractivity contribution is -0.139. The molecule has 3 rings (SSSR count). The van der Waals surface area contributed by atoms with Crippen LogP contribution in [0.25, 0.3) is 0 Å². The van der Waals surface area contributed by atoms with Crippen molar-refractivity contribution in [3.8, 4) is 0 Å². The normalized spacial score (nSPS) is 18.0. The van der Waals surface area contributed by atoms with Gasteiger partial charge in [-0.1, -0.05) is 25.1 Å². The first-order valence-corrected chi connectivity index (χ1v) is 9.69. The van der Waals surface area contributed by atoms with Gasteiger partial charge < -0.3 is 15.7 Å². The van der Waals surface area contributed by atoms with Crippen molar-refractivity contribution in [1.29, 1.82) is 0 Å². The molecule has 1 saturated carbocycles. The number of carbonyl (C=O) groups excluding carboxylic acids is 2. The van der Waals surface area contributed by atoms with E-state index in [0.717, 1.165) is 12.8 Å². The third kappa shape index (κ3) is 5.42. The van der Waals surface area contributed by atoms with E-state index in [0.29, 0.717) is 23.4 Å². The van der Waals surface area contributed by atoms with Crippen molar-refractivity contribution in [2.75, 3.05) is 18.4 Å². The number of carboxylic acid groups (broad SMARTS) is 1. The van der Waals surface area contributed by atoms with Gasteiger partial charge in [0.1, 0.15) is 0 Å². The van der Waals surface area contributed by atoms with Gasteiger partial charge in [0.25, 0.3) is 11.8 Å². The molecule has 0 aromatic heterocycles. The third-order valence-corrected chi connectivity index (χ3v) is 5.15. The molecule has 152 valence electrons. The predicted molar refractivity (Wildman–Crippen MR) is 110 cm³/mol. The third-order valence-electron chi connectivity index (χ3n) is 5.15. The first-order chi connectivity index (χ1) is 14.0. The van der Waals surface area contributed by atoms with Gasteiger partial charge in [0, 0.05) is 28.9 Å². The van der Waals surface area contributed by atoms with Crippen LogP contribution in [0.3, 0.4) is 0 Å². The molecule has 0 unspecified atom stereocenters. The number of nitrogens with one attached hydrogen (secondary N) is 2. The van der Waals surface area contributed by atoms with Crippen molar-refractivity contribution in [3.05, 3.63) is 65.7 Å². The number of anilines is 1. The van der Waals surface area contributed by atoms with Gasteiger partial charge in [0.05, 0.1) is 6.54 Å². The van der Waals surface area contributed by atoms with E-state index in [1.165, 1.54) is 0 Å².